The van der Waals surface area contributed by atoms with Crippen molar-refractivity contribution in [2.24, 2.45) is 0 Å². The van der Waals surface area contributed by atoms with E-state index in [4.69, 9.17) is 9.47 Å². The first-order valence-corrected chi connectivity index (χ1v) is 8.45. The number of ether oxygens (including phenoxy) is 2. The molecule has 1 fully saturated rings. The monoisotopic (exact) mass is 332 g/mol. The highest BCUT2D eigenvalue weighted by atomic mass is 16.5. The minimum Gasteiger partial charge on any atom is -0.483 e. The average Bonchev–Trinajstić information content (AvgIpc) is 2.71. The van der Waals surface area contributed by atoms with E-state index in [0.717, 1.165) is 24.8 Å². The summed E-state index contributed by atoms with van der Waals surface area (Å²) in [4.78, 5) is 24.0. The Morgan fingerprint density at radius 2 is 2.25 bits per heavy atom. The van der Waals surface area contributed by atoms with Crippen LogP contribution in [0.15, 0.2) is 18.2 Å². The van der Waals surface area contributed by atoms with Crippen molar-refractivity contribution >= 4 is 11.8 Å². The third-order valence-electron chi connectivity index (χ3n) is 4.28. The molecular weight excluding hydrogens is 308 g/mol. The van der Waals surface area contributed by atoms with E-state index in [0.29, 0.717) is 24.5 Å². The van der Waals surface area contributed by atoms with Gasteiger partial charge in [-0.05, 0) is 39.2 Å². The normalized spacial score (nSPS) is 21.9. The first-order valence-electron chi connectivity index (χ1n) is 8.45. The molecular formula is C18H24N2O4. The van der Waals surface area contributed by atoms with Crippen molar-refractivity contribution in [3.63, 3.8) is 0 Å². The molecule has 2 N–H and O–H groups in total. The molecule has 24 heavy (non-hydrogen) atoms. The molecule has 2 aliphatic rings. The van der Waals surface area contributed by atoms with Crippen LogP contribution >= 0.6 is 0 Å². The largest absolute Gasteiger partial charge is 0.483 e. The molecule has 6 nitrogen and oxygen atoms in total. The second kappa shape index (κ2) is 6.71. The Bertz CT molecular complexity index is 642. The number of carbonyl (C=O) groups excluding carboxylic acids is 2. The lowest BCUT2D eigenvalue weighted by Gasteiger charge is -2.18. The quantitative estimate of drug-likeness (QED) is 0.877. The van der Waals surface area contributed by atoms with Gasteiger partial charge >= 0.3 is 0 Å². The Labute approximate surface area is 141 Å². The molecule has 1 saturated heterocycles. The summed E-state index contributed by atoms with van der Waals surface area (Å²) in [5, 5.41) is 5.55. The van der Waals surface area contributed by atoms with Crippen molar-refractivity contribution in [3.05, 3.63) is 23.8 Å². The number of benzene rings is 1. The average molecular weight is 332 g/mol. The summed E-state index contributed by atoms with van der Waals surface area (Å²) in [6.07, 6.45) is 3.33. The van der Waals surface area contributed by atoms with Crippen molar-refractivity contribution < 1.29 is 19.1 Å². The smallest absolute Gasteiger partial charge is 0.258 e. The van der Waals surface area contributed by atoms with E-state index in [1.807, 2.05) is 26.0 Å². The first-order chi connectivity index (χ1) is 11.4. The van der Waals surface area contributed by atoms with Crippen molar-refractivity contribution in [1.29, 1.82) is 0 Å². The van der Waals surface area contributed by atoms with Crippen molar-refractivity contribution in [3.8, 4) is 11.5 Å². The molecule has 3 rings (SSSR count). The zero-order chi connectivity index (χ0) is 17.2. The summed E-state index contributed by atoms with van der Waals surface area (Å²) in [5.41, 5.74) is 0.823. The number of amides is 2. The van der Waals surface area contributed by atoms with Crippen LogP contribution in [0.1, 0.15) is 38.7 Å². The summed E-state index contributed by atoms with van der Waals surface area (Å²) >= 11 is 0. The lowest BCUT2D eigenvalue weighted by atomic mass is 10.0. The molecule has 130 valence electrons. The summed E-state index contributed by atoms with van der Waals surface area (Å²) in [5.74, 6) is 0.861. The topological polar surface area (TPSA) is 76.7 Å². The van der Waals surface area contributed by atoms with Gasteiger partial charge in [0.15, 0.2) is 18.1 Å². The third-order valence-corrected chi connectivity index (χ3v) is 4.28. The van der Waals surface area contributed by atoms with Gasteiger partial charge in [0.1, 0.15) is 11.6 Å². The zero-order valence-electron chi connectivity index (χ0n) is 14.2. The predicted octanol–water partition coefficient (Wildman–Crippen LogP) is 1.56. The molecule has 2 aliphatic heterocycles. The van der Waals surface area contributed by atoms with Gasteiger partial charge in [-0.15, -0.1) is 0 Å². The van der Waals surface area contributed by atoms with Crippen LogP contribution < -0.4 is 20.1 Å². The molecule has 0 saturated carbocycles. The number of hydrogen-bond donors (Lipinski definition) is 2. The number of rotatable bonds is 4. The van der Waals surface area contributed by atoms with E-state index in [-0.39, 0.29) is 24.0 Å². The fourth-order valence-corrected chi connectivity index (χ4v) is 3.16. The van der Waals surface area contributed by atoms with E-state index < -0.39 is 6.04 Å². The van der Waals surface area contributed by atoms with Crippen LogP contribution in [0.5, 0.6) is 11.5 Å². The van der Waals surface area contributed by atoms with Crippen LogP contribution in [0.3, 0.4) is 0 Å². The summed E-state index contributed by atoms with van der Waals surface area (Å²) in [6, 6.07) is 5.23. The van der Waals surface area contributed by atoms with Crippen molar-refractivity contribution in [2.75, 3.05) is 13.2 Å². The fraction of sp³-hybridized carbons (Fsp3) is 0.556. The summed E-state index contributed by atoms with van der Waals surface area (Å²) < 4.78 is 11.6. The van der Waals surface area contributed by atoms with Crippen LogP contribution in [-0.4, -0.2) is 36.6 Å². The van der Waals surface area contributed by atoms with E-state index >= 15 is 0 Å². The SMILES string of the molecule is CC1(C)Cc2cccc(OCC(=O)N[C@@H]3CCCCNC3=O)c2O1. The maximum Gasteiger partial charge on any atom is 0.258 e. The number of nitrogens with one attached hydrogen (secondary N) is 2. The number of para-hydroxylation sites is 1. The van der Waals surface area contributed by atoms with Gasteiger partial charge in [-0.25, -0.2) is 0 Å². The van der Waals surface area contributed by atoms with Gasteiger partial charge in [-0.2, -0.15) is 0 Å². The Morgan fingerprint density at radius 1 is 1.42 bits per heavy atom. The van der Waals surface area contributed by atoms with Gasteiger partial charge < -0.3 is 20.1 Å². The van der Waals surface area contributed by atoms with Gasteiger partial charge in [0.25, 0.3) is 5.91 Å². The van der Waals surface area contributed by atoms with Gasteiger partial charge in [0.2, 0.25) is 5.91 Å². The molecule has 6 heteroatoms. The molecule has 0 aliphatic carbocycles. The van der Waals surface area contributed by atoms with Crippen LogP contribution in [0.2, 0.25) is 0 Å². The van der Waals surface area contributed by atoms with Crippen LogP contribution in [0, 0.1) is 0 Å². The minimum atomic E-state index is -0.472. The first kappa shape index (κ1) is 16.6. The molecule has 1 aromatic carbocycles. The standard InChI is InChI=1S/C18H24N2O4/c1-18(2)10-12-6-5-8-14(16(12)24-18)23-11-15(21)20-13-7-3-4-9-19-17(13)22/h5-6,8,13H,3-4,7,9-11H2,1-2H3,(H,19,22)(H,20,21)/t13-/m1/s1. The highest BCUT2D eigenvalue weighted by Gasteiger charge is 2.32. The number of fused-ring (bicyclic) bond motifs is 1. The highest BCUT2D eigenvalue weighted by molar-refractivity contribution is 5.88. The van der Waals surface area contributed by atoms with E-state index in [1.54, 1.807) is 6.07 Å². The number of carbonyl (C=O) groups is 2. The lowest BCUT2D eigenvalue weighted by molar-refractivity contribution is -0.129. The van der Waals surface area contributed by atoms with E-state index in [2.05, 4.69) is 10.6 Å². The summed E-state index contributed by atoms with van der Waals surface area (Å²) in [7, 11) is 0. The maximum absolute atomic E-state index is 12.1. The second-order valence-corrected chi connectivity index (χ2v) is 6.98. The molecule has 0 unspecified atom stereocenters. The Balaban J connectivity index is 1.58. The Hall–Kier alpha value is -2.24. The second-order valence-electron chi connectivity index (χ2n) is 6.98. The van der Waals surface area contributed by atoms with Crippen LogP contribution in [0.25, 0.3) is 0 Å². The van der Waals surface area contributed by atoms with Crippen molar-refractivity contribution in [1.82, 2.24) is 10.6 Å². The molecule has 2 amide bonds. The Morgan fingerprint density at radius 3 is 3.08 bits per heavy atom. The third kappa shape index (κ3) is 3.80. The minimum absolute atomic E-state index is 0.119. The fourth-order valence-electron chi connectivity index (χ4n) is 3.16. The van der Waals surface area contributed by atoms with E-state index in [9.17, 15) is 9.59 Å². The van der Waals surface area contributed by atoms with Gasteiger partial charge in [-0.1, -0.05) is 12.1 Å². The molecule has 0 radical (unpaired) electrons. The van der Waals surface area contributed by atoms with E-state index in [1.165, 1.54) is 0 Å². The molecule has 1 aromatic rings. The number of hydrogen-bond acceptors (Lipinski definition) is 4. The van der Waals surface area contributed by atoms with Gasteiger partial charge in [-0.3, -0.25) is 9.59 Å². The van der Waals surface area contributed by atoms with Crippen LogP contribution in [-0.2, 0) is 16.0 Å². The maximum atomic E-state index is 12.1. The Kier molecular flexibility index (Phi) is 4.64. The summed E-state index contributed by atoms with van der Waals surface area (Å²) in [6.45, 7) is 4.58. The zero-order valence-corrected chi connectivity index (χ0v) is 14.2. The predicted molar refractivity (Wildman–Crippen MR) is 89.1 cm³/mol. The van der Waals surface area contributed by atoms with Gasteiger partial charge in [0.05, 0.1) is 0 Å². The lowest BCUT2D eigenvalue weighted by Crippen LogP contribution is -2.46. The molecule has 0 aromatic heterocycles. The molecule has 1 atom stereocenters. The molecule has 0 bridgehead atoms. The van der Waals surface area contributed by atoms with Gasteiger partial charge in [0, 0.05) is 18.5 Å². The molecule has 0 spiro atoms. The highest BCUT2D eigenvalue weighted by Crippen LogP contribution is 2.41. The van der Waals surface area contributed by atoms with Crippen LogP contribution in [0.4, 0.5) is 0 Å². The van der Waals surface area contributed by atoms with Crippen molar-refractivity contribution in [2.45, 2.75) is 51.2 Å². The molecule has 2 heterocycles.